The molecule has 1 aliphatic heterocycles. The van der Waals surface area contributed by atoms with Crippen LogP contribution >= 0.6 is 15.9 Å². The van der Waals surface area contributed by atoms with E-state index in [2.05, 4.69) is 21.0 Å². The molecule has 0 bridgehead atoms. The van der Waals surface area contributed by atoms with Crippen LogP contribution in [0.1, 0.15) is 29.8 Å². The average molecular weight is 429 g/mol. The second-order valence-corrected chi connectivity index (χ2v) is 6.87. The number of anilines is 1. The summed E-state index contributed by atoms with van der Waals surface area (Å²) < 4.78 is 5.61. The Bertz CT molecular complexity index is 994. The third-order valence-electron chi connectivity index (χ3n) is 4.16. The minimum atomic E-state index is -0.272. The van der Waals surface area contributed by atoms with Crippen LogP contribution in [0.4, 0.5) is 5.69 Å². The number of ether oxygens (including phenoxy) is 1. The molecule has 27 heavy (non-hydrogen) atoms. The monoisotopic (exact) mass is 428 g/mol. The van der Waals surface area contributed by atoms with Gasteiger partial charge in [0.25, 0.3) is 5.91 Å². The number of amides is 1. The first-order chi connectivity index (χ1) is 12.8. The third kappa shape index (κ3) is 3.64. The van der Waals surface area contributed by atoms with Gasteiger partial charge in [0, 0.05) is 5.56 Å². The van der Waals surface area contributed by atoms with E-state index >= 15 is 0 Å². The van der Waals surface area contributed by atoms with Gasteiger partial charge in [-0.25, -0.2) is 0 Å². The Morgan fingerprint density at radius 3 is 2.52 bits per heavy atom. The number of Topliss-reactive ketones (excluding diaryl/α,β-unsaturated/α-hetero) is 1. The van der Waals surface area contributed by atoms with Gasteiger partial charge in [0.15, 0.2) is 17.3 Å². The standard InChI is InChI=1S/C20H17BrN2O4/c1-11-16(8-13-9-17(21)19(25)18(10-13)27-3)20(26)23(22-11)15-6-4-14(5-7-15)12(2)24/h4-10,25H,1-3H3/b16-8+. The molecule has 1 N–H and O–H groups in total. The fraction of sp³-hybridized carbons (Fsp3) is 0.150. The van der Waals surface area contributed by atoms with Gasteiger partial charge in [-0.1, -0.05) is 0 Å². The number of hydrogen-bond donors (Lipinski definition) is 1. The zero-order chi connectivity index (χ0) is 19.7. The molecule has 1 amide bonds. The number of hydrogen-bond acceptors (Lipinski definition) is 5. The summed E-state index contributed by atoms with van der Waals surface area (Å²) in [4.78, 5) is 24.2. The van der Waals surface area contributed by atoms with Crippen molar-refractivity contribution in [1.82, 2.24) is 0 Å². The summed E-state index contributed by atoms with van der Waals surface area (Å²) in [6.45, 7) is 3.24. The summed E-state index contributed by atoms with van der Waals surface area (Å²) in [7, 11) is 1.46. The lowest BCUT2D eigenvalue weighted by molar-refractivity contribution is -0.114. The van der Waals surface area contributed by atoms with E-state index in [1.807, 2.05) is 0 Å². The van der Waals surface area contributed by atoms with Crippen LogP contribution in [-0.2, 0) is 4.79 Å². The fourth-order valence-electron chi connectivity index (χ4n) is 2.70. The van der Waals surface area contributed by atoms with Crippen molar-refractivity contribution in [3.05, 3.63) is 57.6 Å². The number of benzene rings is 2. The number of phenols is 1. The Hall–Kier alpha value is -2.93. The van der Waals surface area contributed by atoms with E-state index in [9.17, 15) is 14.7 Å². The summed E-state index contributed by atoms with van der Waals surface area (Å²) >= 11 is 3.27. The molecule has 0 aromatic heterocycles. The van der Waals surface area contributed by atoms with E-state index in [0.29, 0.717) is 38.3 Å². The second-order valence-electron chi connectivity index (χ2n) is 6.02. The zero-order valence-electron chi connectivity index (χ0n) is 15.0. The average Bonchev–Trinajstić information content (AvgIpc) is 2.92. The number of halogens is 1. The minimum Gasteiger partial charge on any atom is -0.503 e. The molecule has 2 aromatic rings. The molecule has 1 aliphatic rings. The van der Waals surface area contributed by atoms with Crippen molar-refractivity contribution in [2.45, 2.75) is 13.8 Å². The molecule has 6 nitrogen and oxygen atoms in total. The Labute approximate surface area is 164 Å². The van der Waals surface area contributed by atoms with Crippen LogP contribution in [0.2, 0.25) is 0 Å². The Kier molecular flexibility index (Phi) is 5.14. The smallest absolute Gasteiger partial charge is 0.280 e. The maximum absolute atomic E-state index is 12.8. The number of carbonyl (C=O) groups is 2. The molecule has 138 valence electrons. The van der Waals surface area contributed by atoms with Gasteiger partial charge in [-0.05, 0) is 77.8 Å². The lowest BCUT2D eigenvalue weighted by Gasteiger charge is -2.12. The highest BCUT2D eigenvalue weighted by Gasteiger charge is 2.28. The predicted molar refractivity (Wildman–Crippen MR) is 107 cm³/mol. The highest BCUT2D eigenvalue weighted by molar-refractivity contribution is 9.10. The van der Waals surface area contributed by atoms with Crippen molar-refractivity contribution in [2.24, 2.45) is 5.10 Å². The van der Waals surface area contributed by atoms with Crippen molar-refractivity contribution in [1.29, 1.82) is 0 Å². The largest absolute Gasteiger partial charge is 0.503 e. The molecular formula is C20H17BrN2O4. The molecule has 0 fully saturated rings. The molecule has 1 heterocycles. The van der Waals surface area contributed by atoms with Gasteiger partial charge in [0.05, 0.1) is 28.6 Å². The normalized spacial score (nSPS) is 15.3. The molecule has 0 aliphatic carbocycles. The van der Waals surface area contributed by atoms with Gasteiger partial charge in [0.1, 0.15) is 0 Å². The fourth-order valence-corrected chi connectivity index (χ4v) is 3.16. The molecule has 0 spiro atoms. The molecule has 0 unspecified atom stereocenters. The lowest BCUT2D eigenvalue weighted by atomic mass is 10.1. The van der Waals surface area contributed by atoms with Crippen LogP contribution in [-0.4, -0.2) is 29.6 Å². The van der Waals surface area contributed by atoms with Crippen LogP contribution in [0, 0.1) is 0 Å². The van der Waals surface area contributed by atoms with E-state index in [1.165, 1.54) is 19.0 Å². The summed E-state index contributed by atoms with van der Waals surface area (Å²) in [6.07, 6.45) is 1.69. The van der Waals surface area contributed by atoms with Gasteiger partial charge in [-0.15, -0.1) is 0 Å². The van der Waals surface area contributed by atoms with E-state index in [1.54, 1.807) is 49.4 Å². The molecular weight excluding hydrogens is 412 g/mol. The van der Waals surface area contributed by atoms with E-state index < -0.39 is 0 Å². The van der Waals surface area contributed by atoms with E-state index in [0.717, 1.165) is 0 Å². The topological polar surface area (TPSA) is 79.2 Å². The summed E-state index contributed by atoms with van der Waals surface area (Å²) in [5, 5.41) is 15.6. The molecule has 0 saturated heterocycles. The number of hydrazone groups is 1. The van der Waals surface area contributed by atoms with E-state index in [-0.39, 0.29) is 17.4 Å². The summed E-state index contributed by atoms with van der Waals surface area (Å²) in [5.74, 6) is -0.0180. The Morgan fingerprint density at radius 1 is 1.26 bits per heavy atom. The quantitative estimate of drug-likeness (QED) is 0.585. The van der Waals surface area contributed by atoms with Gasteiger partial charge in [-0.3, -0.25) is 9.59 Å². The minimum absolute atomic E-state index is 0.00465. The summed E-state index contributed by atoms with van der Waals surface area (Å²) in [5.41, 5.74) is 2.84. The second kappa shape index (κ2) is 7.36. The van der Waals surface area contributed by atoms with E-state index in [4.69, 9.17) is 4.74 Å². The SMILES string of the molecule is COc1cc(/C=C2/C(=O)N(c3ccc(C(C)=O)cc3)N=C2C)cc(Br)c1O. The predicted octanol–water partition coefficient (Wildman–Crippen LogP) is 4.17. The highest BCUT2D eigenvalue weighted by atomic mass is 79.9. The first-order valence-electron chi connectivity index (χ1n) is 8.11. The number of aromatic hydroxyl groups is 1. The van der Waals surface area contributed by atoms with Crippen molar-refractivity contribution >= 4 is 45.1 Å². The van der Waals surface area contributed by atoms with Crippen LogP contribution in [0.5, 0.6) is 11.5 Å². The maximum atomic E-state index is 12.8. The molecule has 7 heteroatoms. The lowest BCUT2D eigenvalue weighted by Crippen LogP contribution is -2.21. The number of nitrogens with zero attached hydrogens (tertiary/aromatic N) is 2. The first-order valence-corrected chi connectivity index (χ1v) is 8.90. The van der Waals surface area contributed by atoms with Crippen LogP contribution in [0.3, 0.4) is 0 Å². The third-order valence-corrected chi connectivity index (χ3v) is 4.77. The number of carbonyl (C=O) groups excluding carboxylic acids is 2. The van der Waals surface area contributed by atoms with Crippen LogP contribution in [0.25, 0.3) is 6.08 Å². The number of phenolic OH excluding ortho intramolecular Hbond substituents is 1. The van der Waals surface area contributed by atoms with Crippen LogP contribution in [0.15, 0.2) is 51.5 Å². The maximum Gasteiger partial charge on any atom is 0.280 e. The first kappa shape index (κ1) is 18.8. The van der Waals surface area contributed by atoms with Crippen molar-refractivity contribution in [3.63, 3.8) is 0 Å². The van der Waals surface area contributed by atoms with Gasteiger partial charge >= 0.3 is 0 Å². The van der Waals surface area contributed by atoms with Crippen molar-refractivity contribution in [2.75, 3.05) is 12.1 Å². The molecule has 0 atom stereocenters. The Morgan fingerprint density at radius 2 is 1.93 bits per heavy atom. The summed E-state index contributed by atoms with van der Waals surface area (Å²) in [6, 6.07) is 10.0. The molecule has 2 aromatic carbocycles. The van der Waals surface area contributed by atoms with Crippen LogP contribution < -0.4 is 9.75 Å². The van der Waals surface area contributed by atoms with Gasteiger partial charge in [-0.2, -0.15) is 10.1 Å². The highest BCUT2D eigenvalue weighted by Crippen LogP contribution is 2.36. The van der Waals surface area contributed by atoms with Gasteiger partial charge < -0.3 is 9.84 Å². The van der Waals surface area contributed by atoms with Crippen molar-refractivity contribution < 1.29 is 19.4 Å². The molecule has 0 saturated carbocycles. The van der Waals surface area contributed by atoms with Crippen molar-refractivity contribution in [3.8, 4) is 11.5 Å². The number of ketones is 1. The number of rotatable bonds is 4. The zero-order valence-corrected chi connectivity index (χ0v) is 16.6. The number of methoxy groups -OCH3 is 1. The van der Waals surface area contributed by atoms with Gasteiger partial charge in [0.2, 0.25) is 0 Å². The molecule has 3 rings (SSSR count). The molecule has 0 radical (unpaired) electrons. The Balaban J connectivity index is 1.94.